The first-order valence-corrected chi connectivity index (χ1v) is 7.30. The first-order valence-electron chi connectivity index (χ1n) is 5.57. The molecular weight excluding hydrogens is 227 g/mol. The summed E-state index contributed by atoms with van der Waals surface area (Å²) in [6, 6.07) is 0. The van der Waals surface area contributed by atoms with Gasteiger partial charge < -0.3 is 9.05 Å². The molecule has 0 saturated heterocycles. The standard InChI is InChI=1S/C11H21O4P/c1-5-11(12)10(4)8-9-16(13,14-6-2)15-7-3/h8H,5-7,9H2,1-4H3/b10-8+. The number of carbonyl (C=O) groups excluding carboxylic acids is 1. The fourth-order valence-corrected chi connectivity index (χ4v) is 2.75. The predicted octanol–water partition coefficient (Wildman–Crippen LogP) is 3.18. The fourth-order valence-electron chi connectivity index (χ4n) is 1.18. The van der Waals surface area contributed by atoms with Gasteiger partial charge in [-0.25, -0.2) is 0 Å². The van der Waals surface area contributed by atoms with Gasteiger partial charge in [-0.1, -0.05) is 13.0 Å². The molecule has 0 aliphatic heterocycles. The molecule has 0 rings (SSSR count). The van der Waals surface area contributed by atoms with Crippen molar-refractivity contribution in [2.75, 3.05) is 19.4 Å². The first kappa shape index (κ1) is 15.6. The van der Waals surface area contributed by atoms with Crippen LogP contribution >= 0.6 is 7.60 Å². The van der Waals surface area contributed by atoms with Crippen LogP contribution in [0.2, 0.25) is 0 Å². The topological polar surface area (TPSA) is 52.6 Å². The Morgan fingerprint density at radius 1 is 1.19 bits per heavy atom. The van der Waals surface area contributed by atoms with Gasteiger partial charge in [-0.3, -0.25) is 9.36 Å². The molecule has 0 aliphatic carbocycles. The quantitative estimate of drug-likeness (QED) is 0.489. The van der Waals surface area contributed by atoms with Crippen molar-refractivity contribution in [3.63, 3.8) is 0 Å². The molecule has 16 heavy (non-hydrogen) atoms. The van der Waals surface area contributed by atoms with Gasteiger partial charge in [-0.2, -0.15) is 0 Å². The van der Waals surface area contributed by atoms with E-state index in [1.165, 1.54) is 0 Å². The van der Waals surface area contributed by atoms with E-state index < -0.39 is 7.60 Å². The zero-order chi connectivity index (χ0) is 12.6. The molecule has 0 radical (unpaired) electrons. The molecule has 0 heterocycles. The zero-order valence-electron chi connectivity index (χ0n) is 10.5. The highest BCUT2D eigenvalue weighted by Crippen LogP contribution is 2.48. The normalized spacial score (nSPS) is 12.9. The summed E-state index contributed by atoms with van der Waals surface area (Å²) in [7, 11) is -3.05. The van der Waals surface area contributed by atoms with Crippen LogP contribution < -0.4 is 0 Å². The second kappa shape index (κ2) is 7.77. The summed E-state index contributed by atoms with van der Waals surface area (Å²) < 4.78 is 22.3. The maximum Gasteiger partial charge on any atom is 0.334 e. The Hall–Kier alpha value is -0.440. The number of hydrogen-bond acceptors (Lipinski definition) is 4. The minimum atomic E-state index is -3.05. The minimum Gasteiger partial charge on any atom is -0.309 e. The Morgan fingerprint density at radius 3 is 2.06 bits per heavy atom. The van der Waals surface area contributed by atoms with E-state index in [9.17, 15) is 9.36 Å². The average molecular weight is 248 g/mol. The lowest BCUT2D eigenvalue weighted by Crippen LogP contribution is -2.02. The summed E-state index contributed by atoms with van der Waals surface area (Å²) in [6.07, 6.45) is 2.25. The lowest BCUT2D eigenvalue weighted by molar-refractivity contribution is -0.115. The van der Waals surface area contributed by atoms with Crippen molar-refractivity contribution < 1.29 is 18.4 Å². The molecule has 0 aromatic carbocycles. The van der Waals surface area contributed by atoms with Crippen molar-refractivity contribution in [3.05, 3.63) is 11.6 Å². The van der Waals surface area contributed by atoms with Gasteiger partial charge >= 0.3 is 7.60 Å². The maximum absolute atomic E-state index is 12.0. The van der Waals surface area contributed by atoms with Gasteiger partial charge in [0.2, 0.25) is 0 Å². The van der Waals surface area contributed by atoms with Gasteiger partial charge in [0, 0.05) is 6.42 Å². The van der Waals surface area contributed by atoms with Gasteiger partial charge in [0.05, 0.1) is 19.4 Å². The molecule has 0 aromatic heterocycles. The minimum absolute atomic E-state index is 0.0551. The third-order valence-electron chi connectivity index (χ3n) is 2.03. The Balaban J connectivity index is 4.53. The molecular formula is C11H21O4P. The SMILES string of the molecule is CCOP(=O)(C/C=C(\C)C(=O)CC)OCC. The summed E-state index contributed by atoms with van der Waals surface area (Å²) in [6.45, 7) is 7.72. The zero-order valence-corrected chi connectivity index (χ0v) is 11.4. The van der Waals surface area contributed by atoms with Crippen LogP contribution in [0, 0.1) is 0 Å². The van der Waals surface area contributed by atoms with Gasteiger partial charge in [0.15, 0.2) is 5.78 Å². The monoisotopic (exact) mass is 248 g/mol. The molecule has 0 aliphatic rings. The Labute approximate surface area is 97.6 Å². The van der Waals surface area contributed by atoms with Crippen molar-refractivity contribution in [2.45, 2.75) is 34.1 Å². The second-order valence-electron chi connectivity index (χ2n) is 3.29. The first-order chi connectivity index (χ1) is 7.49. The van der Waals surface area contributed by atoms with Gasteiger partial charge in [0.25, 0.3) is 0 Å². The molecule has 94 valence electrons. The summed E-state index contributed by atoms with van der Waals surface area (Å²) >= 11 is 0. The molecule has 0 N–H and O–H groups in total. The van der Waals surface area contributed by atoms with Crippen molar-refractivity contribution >= 4 is 13.4 Å². The molecule has 0 bridgehead atoms. The maximum atomic E-state index is 12.0. The van der Waals surface area contributed by atoms with Crippen LogP contribution in [0.15, 0.2) is 11.6 Å². The third kappa shape index (κ3) is 5.59. The lowest BCUT2D eigenvalue weighted by Gasteiger charge is -2.15. The number of rotatable bonds is 8. The van der Waals surface area contributed by atoms with Crippen LogP contribution in [0.1, 0.15) is 34.1 Å². The Bertz CT molecular complexity index is 286. The van der Waals surface area contributed by atoms with Crippen LogP contribution in [-0.2, 0) is 18.4 Å². The number of Topliss-reactive ketones (excluding diaryl/α,β-unsaturated/α-hetero) is 1. The number of allylic oxidation sites excluding steroid dienone is 2. The Morgan fingerprint density at radius 2 is 1.69 bits per heavy atom. The smallest absolute Gasteiger partial charge is 0.309 e. The molecule has 0 fully saturated rings. The van der Waals surface area contributed by atoms with Crippen molar-refractivity contribution in [1.82, 2.24) is 0 Å². The van der Waals surface area contributed by atoms with E-state index in [0.29, 0.717) is 25.2 Å². The van der Waals surface area contributed by atoms with Crippen LogP contribution in [0.3, 0.4) is 0 Å². The fraction of sp³-hybridized carbons (Fsp3) is 0.727. The Kier molecular flexibility index (Phi) is 7.56. The highest BCUT2D eigenvalue weighted by Gasteiger charge is 2.21. The molecule has 0 unspecified atom stereocenters. The van der Waals surface area contributed by atoms with Crippen molar-refractivity contribution in [3.8, 4) is 0 Å². The average Bonchev–Trinajstić information content (AvgIpc) is 2.25. The van der Waals surface area contributed by atoms with Crippen LogP contribution in [-0.4, -0.2) is 25.2 Å². The molecule has 0 spiro atoms. The van der Waals surface area contributed by atoms with Gasteiger partial charge in [-0.15, -0.1) is 0 Å². The molecule has 4 nitrogen and oxygen atoms in total. The summed E-state index contributed by atoms with van der Waals surface area (Å²) in [4.78, 5) is 11.3. The predicted molar refractivity (Wildman–Crippen MR) is 64.8 cm³/mol. The largest absolute Gasteiger partial charge is 0.334 e. The van der Waals surface area contributed by atoms with E-state index in [4.69, 9.17) is 9.05 Å². The van der Waals surface area contributed by atoms with Crippen LogP contribution in [0.25, 0.3) is 0 Å². The molecule has 0 atom stereocenters. The molecule has 5 heteroatoms. The van der Waals surface area contributed by atoms with E-state index in [1.807, 2.05) is 0 Å². The second-order valence-corrected chi connectivity index (χ2v) is 5.40. The summed E-state index contributed by atoms with van der Waals surface area (Å²) in [5.74, 6) is 0.0551. The van der Waals surface area contributed by atoms with Crippen LogP contribution in [0.5, 0.6) is 0 Å². The van der Waals surface area contributed by atoms with E-state index in [-0.39, 0.29) is 11.9 Å². The molecule has 0 amide bonds. The highest BCUT2D eigenvalue weighted by molar-refractivity contribution is 7.54. The molecule has 0 aromatic rings. The van der Waals surface area contributed by atoms with Gasteiger partial charge in [0.1, 0.15) is 0 Å². The highest BCUT2D eigenvalue weighted by atomic mass is 31.2. The van der Waals surface area contributed by atoms with E-state index in [0.717, 1.165) is 0 Å². The summed E-state index contributed by atoms with van der Waals surface area (Å²) in [5.41, 5.74) is 0.613. The number of ketones is 1. The van der Waals surface area contributed by atoms with E-state index >= 15 is 0 Å². The van der Waals surface area contributed by atoms with E-state index in [2.05, 4.69) is 0 Å². The summed E-state index contributed by atoms with van der Waals surface area (Å²) in [5, 5.41) is 0. The number of carbonyl (C=O) groups is 1. The van der Waals surface area contributed by atoms with Crippen LogP contribution in [0.4, 0.5) is 0 Å². The third-order valence-corrected chi connectivity index (χ3v) is 3.97. The van der Waals surface area contributed by atoms with E-state index in [1.54, 1.807) is 33.8 Å². The van der Waals surface area contributed by atoms with Gasteiger partial charge in [-0.05, 0) is 26.3 Å². The molecule has 0 saturated carbocycles. The lowest BCUT2D eigenvalue weighted by atomic mass is 10.1. The number of hydrogen-bond donors (Lipinski definition) is 0. The van der Waals surface area contributed by atoms with Crippen molar-refractivity contribution in [1.29, 1.82) is 0 Å². The van der Waals surface area contributed by atoms with Crippen molar-refractivity contribution in [2.24, 2.45) is 0 Å².